The van der Waals surface area contributed by atoms with E-state index in [4.69, 9.17) is 15.4 Å². The number of amides is 2. The van der Waals surface area contributed by atoms with E-state index < -0.39 is 24.1 Å². The van der Waals surface area contributed by atoms with Crippen LogP contribution in [0.3, 0.4) is 0 Å². The monoisotopic (exact) mass is 329 g/mol. The second kappa shape index (κ2) is 8.44. The van der Waals surface area contributed by atoms with E-state index in [-0.39, 0.29) is 24.4 Å². The summed E-state index contributed by atoms with van der Waals surface area (Å²) in [4.78, 5) is 26.6. The standard InChI is InChI=1S/C13H23N5O5/c1-4-6(2)9(14)11-16-8(23-18-11)5-15-13(22)17-10(7(3)19)12(20)21/h6-7,9-10,19H,4-5,14H2,1-3H3,(H,20,21)(H2,15,17,22). The van der Waals surface area contributed by atoms with E-state index in [2.05, 4.69) is 20.8 Å². The molecule has 2 amide bonds. The average molecular weight is 329 g/mol. The van der Waals surface area contributed by atoms with Crippen molar-refractivity contribution in [1.29, 1.82) is 0 Å². The lowest BCUT2D eigenvalue weighted by Gasteiger charge is -2.16. The van der Waals surface area contributed by atoms with Gasteiger partial charge in [-0.05, 0) is 12.8 Å². The van der Waals surface area contributed by atoms with Gasteiger partial charge in [0.15, 0.2) is 11.9 Å². The zero-order valence-electron chi connectivity index (χ0n) is 13.3. The molecule has 1 rings (SSSR count). The molecule has 0 saturated carbocycles. The van der Waals surface area contributed by atoms with Gasteiger partial charge in [-0.3, -0.25) is 0 Å². The molecule has 0 aliphatic heterocycles. The third kappa shape index (κ3) is 5.49. The molecule has 23 heavy (non-hydrogen) atoms. The van der Waals surface area contributed by atoms with Crippen LogP contribution in [-0.4, -0.2) is 44.5 Å². The van der Waals surface area contributed by atoms with Crippen LogP contribution in [0.4, 0.5) is 4.79 Å². The SMILES string of the molecule is CCC(C)C(N)c1noc(CNC(=O)NC(C(=O)O)C(C)O)n1. The smallest absolute Gasteiger partial charge is 0.328 e. The van der Waals surface area contributed by atoms with Gasteiger partial charge in [0, 0.05) is 0 Å². The van der Waals surface area contributed by atoms with Gasteiger partial charge in [-0.15, -0.1) is 0 Å². The number of carboxylic acids is 1. The van der Waals surface area contributed by atoms with E-state index in [0.717, 1.165) is 6.42 Å². The first-order chi connectivity index (χ1) is 10.8. The molecule has 1 heterocycles. The molecule has 130 valence electrons. The second-order valence-corrected chi connectivity index (χ2v) is 5.34. The highest BCUT2D eigenvalue weighted by molar-refractivity contribution is 5.82. The molecule has 10 nitrogen and oxygen atoms in total. The summed E-state index contributed by atoms with van der Waals surface area (Å²) in [6.45, 7) is 5.14. The molecule has 0 aromatic carbocycles. The highest BCUT2D eigenvalue weighted by atomic mass is 16.5. The Bertz CT molecular complexity index is 533. The number of hydrogen-bond donors (Lipinski definition) is 5. The number of carbonyl (C=O) groups is 2. The molecule has 0 saturated heterocycles. The lowest BCUT2D eigenvalue weighted by atomic mass is 10.00. The van der Waals surface area contributed by atoms with Crippen molar-refractivity contribution in [2.45, 2.75) is 51.9 Å². The summed E-state index contributed by atoms with van der Waals surface area (Å²) in [5, 5.41) is 26.4. The van der Waals surface area contributed by atoms with Crippen LogP contribution in [0.2, 0.25) is 0 Å². The predicted molar refractivity (Wildman–Crippen MR) is 79.2 cm³/mol. The minimum Gasteiger partial charge on any atom is -0.480 e. The highest BCUT2D eigenvalue weighted by Gasteiger charge is 2.25. The van der Waals surface area contributed by atoms with Crippen LogP contribution in [-0.2, 0) is 11.3 Å². The van der Waals surface area contributed by atoms with Crippen LogP contribution >= 0.6 is 0 Å². The number of aliphatic carboxylic acids is 1. The Morgan fingerprint density at radius 2 is 2.04 bits per heavy atom. The maximum absolute atomic E-state index is 11.6. The molecule has 1 aromatic rings. The zero-order chi connectivity index (χ0) is 17.6. The minimum absolute atomic E-state index is 0.0851. The van der Waals surface area contributed by atoms with Crippen molar-refractivity contribution in [2.75, 3.05) is 0 Å². The van der Waals surface area contributed by atoms with Gasteiger partial charge in [0.05, 0.1) is 18.7 Å². The fraction of sp³-hybridized carbons (Fsp3) is 0.692. The van der Waals surface area contributed by atoms with Gasteiger partial charge in [-0.2, -0.15) is 4.98 Å². The number of nitrogens with two attached hydrogens (primary N) is 1. The third-order valence-corrected chi connectivity index (χ3v) is 3.47. The van der Waals surface area contributed by atoms with Crippen molar-refractivity contribution in [1.82, 2.24) is 20.8 Å². The van der Waals surface area contributed by atoms with Crippen molar-refractivity contribution in [3.05, 3.63) is 11.7 Å². The Morgan fingerprint density at radius 1 is 1.39 bits per heavy atom. The fourth-order valence-electron chi connectivity index (χ4n) is 1.72. The van der Waals surface area contributed by atoms with Gasteiger partial charge in [0.25, 0.3) is 0 Å². The van der Waals surface area contributed by atoms with Crippen molar-refractivity contribution < 1.29 is 24.3 Å². The Labute approximate surface area is 133 Å². The van der Waals surface area contributed by atoms with Crippen molar-refractivity contribution in [3.8, 4) is 0 Å². The van der Waals surface area contributed by atoms with Crippen LogP contribution in [0, 0.1) is 5.92 Å². The topological polar surface area (TPSA) is 164 Å². The molecule has 4 atom stereocenters. The number of carbonyl (C=O) groups excluding carboxylic acids is 1. The summed E-state index contributed by atoms with van der Waals surface area (Å²) in [6, 6.07) is -2.55. The Kier molecular flexibility index (Phi) is 6.91. The first-order valence-electron chi connectivity index (χ1n) is 7.29. The third-order valence-electron chi connectivity index (χ3n) is 3.47. The first kappa shape index (κ1) is 18.8. The Morgan fingerprint density at radius 3 is 2.57 bits per heavy atom. The molecule has 0 bridgehead atoms. The zero-order valence-corrected chi connectivity index (χ0v) is 13.3. The molecule has 4 unspecified atom stereocenters. The largest absolute Gasteiger partial charge is 0.480 e. The Balaban J connectivity index is 2.54. The van der Waals surface area contributed by atoms with E-state index in [1.54, 1.807) is 0 Å². The van der Waals surface area contributed by atoms with E-state index in [1.807, 2.05) is 13.8 Å². The van der Waals surface area contributed by atoms with Gasteiger partial charge in [-0.25, -0.2) is 9.59 Å². The second-order valence-electron chi connectivity index (χ2n) is 5.34. The van der Waals surface area contributed by atoms with Crippen molar-refractivity contribution in [3.63, 3.8) is 0 Å². The molecular weight excluding hydrogens is 306 g/mol. The lowest BCUT2D eigenvalue weighted by Crippen LogP contribution is -2.51. The summed E-state index contributed by atoms with van der Waals surface area (Å²) < 4.78 is 4.98. The summed E-state index contributed by atoms with van der Waals surface area (Å²) >= 11 is 0. The molecule has 0 fully saturated rings. The predicted octanol–water partition coefficient (Wildman–Crippen LogP) is -0.251. The number of aliphatic hydroxyl groups excluding tert-OH is 1. The van der Waals surface area contributed by atoms with E-state index in [1.165, 1.54) is 6.92 Å². The van der Waals surface area contributed by atoms with Gasteiger partial charge in [0.1, 0.15) is 0 Å². The van der Waals surface area contributed by atoms with Crippen molar-refractivity contribution in [2.24, 2.45) is 11.7 Å². The highest BCUT2D eigenvalue weighted by Crippen LogP contribution is 2.18. The van der Waals surface area contributed by atoms with Crippen LogP contribution in [0.5, 0.6) is 0 Å². The number of hydrogen-bond acceptors (Lipinski definition) is 7. The van der Waals surface area contributed by atoms with Gasteiger partial charge in [0.2, 0.25) is 5.89 Å². The van der Waals surface area contributed by atoms with Gasteiger partial charge in [-0.1, -0.05) is 25.4 Å². The fourth-order valence-corrected chi connectivity index (χ4v) is 1.72. The van der Waals surface area contributed by atoms with Gasteiger partial charge < -0.3 is 31.1 Å². The van der Waals surface area contributed by atoms with Crippen LogP contribution in [0.1, 0.15) is 44.9 Å². The normalized spacial score (nSPS) is 16.2. The molecular formula is C13H23N5O5. The summed E-state index contributed by atoms with van der Waals surface area (Å²) in [5.41, 5.74) is 5.97. The van der Waals surface area contributed by atoms with Crippen LogP contribution < -0.4 is 16.4 Å². The maximum atomic E-state index is 11.6. The number of aliphatic hydroxyl groups is 1. The summed E-state index contributed by atoms with van der Waals surface area (Å²) in [5.74, 6) is -0.657. The molecule has 6 N–H and O–H groups in total. The molecule has 10 heteroatoms. The average Bonchev–Trinajstić information content (AvgIpc) is 2.97. The number of nitrogens with zero attached hydrogens (tertiary/aromatic N) is 2. The van der Waals surface area contributed by atoms with E-state index >= 15 is 0 Å². The van der Waals surface area contributed by atoms with E-state index in [9.17, 15) is 14.7 Å². The van der Waals surface area contributed by atoms with Crippen LogP contribution in [0.25, 0.3) is 0 Å². The number of rotatable bonds is 8. The molecule has 0 aliphatic carbocycles. The number of aromatic nitrogens is 2. The quantitative estimate of drug-likeness (QED) is 0.435. The first-order valence-corrected chi connectivity index (χ1v) is 7.29. The maximum Gasteiger partial charge on any atom is 0.328 e. The molecule has 0 spiro atoms. The lowest BCUT2D eigenvalue weighted by molar-refractivity contribution is -0.141. The summed E-state index contributed by atoms with van der Waals surface area (Å²) in [7, 11) is 0. The van der Waals surface area contributed by atoms with E-state index in [0.29, 0.717) is 5.82 Å². The van der Waals surface area contributed by atoms with Gasteiger partial charge >= 0.3 is 12.0 Å². The Hall–Kier alpha value is -2.20. The van der Waals surface area contributed by atoms with Crippen LogP contribution in [0.15, 0.2) is 4.52 Å². The molecule has 0 radical (unpaired) electrons. The number of nitrogens with one attached hydrogen (secondary N) is 2. The summed E-state index contributed by atoms with van der Waals surface area (Å²) in [6.07, 6.45) is -0.372. The minimum atomic E-state index is -1.41. The molecule has 1 aromatic heterocycles. The number of urea groups is 1. The number of carboxylic acid groups (broad SMARTS) is 1. The molecule has 0 aliphatic rings. The van der Waals surface area contributed by atoms with Crippen molar-refractivity contribution >= 4 is 12.0 Å².